The van der Waals surface area contributed by atoms with Crippen molar-refractivity contribution in [1.82, 2.24) is 5.32 Å². The number of aliphatic hydroxyl groups is 5. The Morgan fingerprint density at radius 2 is 1.19 bits per heavy atom. The topological polar surface area (TPSA) is 158 Å². The van der Waals surface area contributed by atoms with Gasteiger partial charge in [-0.05, 0) is 67.6 Å². The van der Waals surface area contributed by atoms with Crippen LogP contribution in [0.2, 0.25) is 0 Å². The van der Waals surface area contributed by atoms with Gasteiger partial charge in [0.15, 0.2) is 6.29 Å². The lowest BCUT2D eigenvalue weighted by atomic mass is 9.99. The molecule has 1 fully saturated rings. The van der Waals surface area contributed by atoms with Gasteiger partial charge in [-0.25, -0.2) is 4.39 Å². The third kappa shape index (κ3) is 20.6. The van der Waals surface area contributed by atoms with Gasteiger partial charge in [-0.2, -0.15) is 0 Å². The number of hydrogen-bond donors (Lipinski definition) is 6. The van der Waals surface area contributed by atoms with E-state index in [9.17, 15) is 34.7 Å². The van der Waals surface area contributed by atoms with Crippen LogP contribution in [0, 0.1) is 5.82 Å². The largest absolute Gasteiger partial charge is 0.457 e. The summed E-state index contributed by atoms with van der Waals surface area (Å²) in [6.07, 6.45) is 18.2. The maximum Gasteiger partial charge on any atom is 0.220 e. The van der Waals surface area contributed by atoms with Crippen molar-refractivity contribution < 1.29 is 48.9 Å². The third-order valence-electron chi connectivity index (χ3n) is 11.3. The van der Waals surface area contributed by atoms with Crippen molar-refractivity contribution in [2.45, 2.75) is 204 Å². The summed E-state index contributed by atoms with van der Waals surface area (Å²) in [5, 5.41) is 54.4. The quantitative estimate of drug-likeness (QED) is 0.0388. The second kappa shape index (κ2) is 30.4. The van der Waals surface area contributed by atoms with E-state index in [1.54, 1.807) is 12.1 Å². The molecule has 1 heterocycles. The molecule has 0 aliphatic carbocycles. The second-order valence-electron chi connectivity index (χ2n) is 16.3. The number of amides is 1. The summed E-state index contributed by atoms with van der Waals surface area (Å²) < 4.78 is 30.1. The molecule has 2 unspecified atom stereocenters. The number of unbranched alkanes of at least 4 members (excludes halogenated alkanes) is 19. The number of benzene rings is 2. The second-order valence-corrected chi connectivity index (χ2v) is 16.3. The van der Waals surface area contributed by atoms with Gasteiger partial charge in [0.2, 0.25) is 5.91 Å². The van der Waals surface area contributed by atoms with E-state index in [0.29, 0.717) is 18.6 Å². The first-order valence-corrected chi connectivity index (χ1v) is 22.6. The zero-order chi connectivity index (χ0) is 41.8. The molecule has 10 nitrogen and oxygen atoms in total. The number of halogens is 1. The first kappa shape index (κ1) is 49.7. The van der Waals surface area contributed by atoms with Crippen LogP contribution in [0.25, 0.3) is 0 Å². The molecule has 1 saturated heterocycles. The average molecular weight is 818 g/mol. The van der Waals surface area contributed by atoms with Gasteiger partial charge in [-0.15, -0.1) is 0 Å². The lowest BCUT2D eigenvalue weighted by Gasteiger charge is -2.40. The Hall–Kier alpha value is -2.64. The van der Waals surface area contributed by atoms with E-state index in [1.807, 2.05) is 12.1 Å². The number of carbonyl (C=O) groups is 1. The fraction of sp³-hybridized carbons (Fsp3) is 0.723. The summed E-state index contributed by atoms with van der Waals surface area (Å²) in [4.78, 5) is 13.0. The standard InChI is InChI=1S/C47H76FNO9/c1-2-3-4-5-6-7-8-9-10-11-15-18-21-24-41(51)40(35-56-47-46(55)45(54)44(53)42(34-50)58-47)49-43(52)25-22-19-16-13-12-14-17-20-23-36-26-30-38(31-27-36)57-39-32-28-37(48)29-33-39/h26-33,40-42,44-47,50-51,53-55H,2-25,34-35H2,1H3,(H,49,52)/t40-,41+,42?,44+,45-,46?,47-/m0/s1. The minimum absolute atomic E-state index is 0.161. The van der Waals surface area contributed by atoms with Gasteiger partial charge in [-0.1, -0.05) is 141 Å². The number of carbonyl (C=O) groups excluding carboxylic acids is 1. The highest BCUT2D eigenvalue weighted by Crippen LogP contribution is 2.24. The molecule has 7 atom stereocenters. The van der Waals surface area contributed by atoms with Crippen molar-refractivity contribution in [3.8, 4) is 11.5 Å². The average Bonchev–Trinajstić information content (AvgIpc) is 3.22. The summed E-state index contributed by atoms with van der Waals surface area (Å²) >= 11 is 0. The van der Waals surface area contributed by atoms with Crippen molar-refractivity contribution in [3.63, 3.8) is 0 Å². The Morgan fingerprint density at radius 1 is 0.690 bits per heavy atom. The molecule has 330 valence electrons. The fourth-order valence-corrected chi connectivity index (χ4v) is 7.54. The van der Waals surface area contributed by atoms with Crippen LogP contribution in [0.4, 0.5) is 4.39 Å². The molecule has 6 N–H and O–H groups in total. The molecule has 0 bridgehead atoms. The van der Waals surface area contributed by atoms with E-state index in [4.69, 9.17) is 14.2 Å². The van der Waals surface area contributed by atoms with Crippen molar-refractivity contribution in [2.75, 3.05) is 13.2 Å². The van der Waals surface area contributed by atoms with Crippen LogP contribution < -0.4 is 10.1 Å². The Bertz CT molecular complexity index is 1310. The molecule has 0 spiro atoms. The molecular weight excluding hydrogens is 742 g/mol. The Kier molecular flexibility index (Phi) is 26.1. The molecule has 58 heavy (non-hydrogen) atoms. The molecule has 3 rings (SSSR count). The van der Waals surface area contributed by atoms with Crippen LogP contribution in [0.5, 0.6) is 11.5 Å². The number of aryl methyl sites for hydroxylation is 1. The fourth-order valence-electron chi connectivity index (χ4n) is 7.54. The first-order valence-electron chi connectivity index (χ1n) is 22.6. The Morgan fingerprint density at radius 3 is 1.74 bits per heavy atom. The van der Waals surface area contributed by atoms with Gasteiger partial charge >= 0.3 is 0 Å². The van der Waals surface area contributed by atoms with Gasteiger partial charge < -0.3 is 45.1 Å². The highest BCUT2D eigenvalue weighted by molar-refractivity contribution is 5.76. The SMILES string of the molecule is CCCCCCCCCCCCCCC[C@@H](O)[C@H](CO[C@H]1OC(CO)[C@@H](O)[C@H](O)C1O)NC(=O)CCCCCCCCCCc1ccc(Oc2ccc(F)cc2)cc1. The third-order valence-corrected chi connectivity index (χ3v) is 11.3. The molecule has 1 aliphatic rings. The molecule has 0 aromatic heterocycles. The monoisotopic (exact) mass is 818 g/mol. The van der Waals surface area contributed by atoms with Gasteiger partial charge in [0.1, 0.15) is 41.7 Å². The lowest BCUT2D eigenvalue weighted by Crippen LogP contribution is -2.60. The van der Waals surface area contributed by atoms with E-state index in [1.165, 1.54) is 88.3 Å². The van der Waals surface area contributed by atoms with E-state index in [2.05, 4.69) is 24.4 Å². The number of rotatable bonds is 33. The Balaban J connectivity index is 1.29. The minimum Gasteiger partial charge on any atom is -0.457 e. The highest BCUT2D eigenvalue weighted by Gasteiger charge is 2.44. The zero-order valence-electron chi connectivity index (χ0n) is 35.3. The predicted octanol–water partition coefficient (Wildman–Crippen LogP) is 8.81. The molecule has 2 aromatic rings. The van der Waals surface area contributed by atoms with Crippen molar-refractivity contribution in [1.29, 1.82) is 0 Å². The smallest absolute Gasteiger partial charge is 0.220 e. The number of aliphatic hydroxyl groups excluding tert-OH is 5. The van der Waals surface area contributed by atoms with Crippen LogP contribution in [0.1, 0.15) is 160 Å². The van der Waals surface area contributed by atoms with Gasteiger partial charge in [0, 0.05) is 6.42 Å². The number of ether oxygens (including phenoxy) is 3. The van der Waals surface area contributed by atoms with Crippen LogP contribution >= 0.6 is 0 Å². The van der Waals surface area contributed by atoms with Crippen LogP contribution in [0.15, 0.2) is 48.5 Å². The normalized spacial score (nSPS) is 20.5. The van der Waals surface area contributed by atoms with Gasteiger partial charge in [0.05, 0.1) is 25.4 Å². The van der Waals surface area contributed by atoms with E-state index >= 15 is 0 Å². The molecule has 1 aliphatic heterocycles. The maximum absolute atomic E-state index is 13.1. The molecular formula is C47H76FNO9. The maximum atomic E-state index is 13.1. The number of hydrogen-bond acceptors (Lipinski definition) is 9. The molecule has 2 aromatic carbocycles. The number of nitrogens with one attached hydrogen (secondary N) is 1. The summed E-state index contributed by atoms with van der Waals surface area (Å²) in [5.41, 5.74) is 1.26. The van der Waals surface area contributed by atoms with Crippen LogP contribution in [-0.4, -0.2) is 87.5 Å². The van der Waals surface area contributed by atoms with Crippen molar-refractivity contribution in [3.05, 3.63) is 59.9 Å². The first-order chi connectivity index (χ1) is 28.2. The van der Waals surface area contributed by atoms with Crippen LogP contribution in [0.3, 0.4) is 0 Å². The molecule has 11 heteroatoms. The highest BCUT2D eigenvalue weighted by atomic mass is 19.1. The van der Waals surface area contributed by atoms with Crippen LogP contribution in [-0.2, 0) is 20.7 Å². The van der Waals surface area contributed by atoms with Crippen molar-refractivity contribution in [2.24, 2.45) is 0 Å². The van der Waals surface area contributed by atoms with E-state index < -0.39 is 49.5 Å². The summed E-state index contributed by atoms with van der Waals surface area (Å²) in [5.74, 6) is 0.867. The Labute approximate surface area is 347 Å². The summed E-state index contributed by atoms with van der Waals surface area (Å²) in [7, 11) is 0. The molecule has 1 amide bonds. The minimum atomic E-state index is -1.57. The van der Waals surface area contributed by atoms with Gasteiger partial charge in [0.25, 0.3) is 0 Å². The summed E-state index contributed by atoms with van der Waals surface area (Å²) in [6, 6.07) is 13.3. The van der Waals surface area contributed by atoms with E-state index in [-0.39, 0.29) is 18.3 Å². The molecule has 0 saturated carbocycles. The summed E-state index contributed by atoms with van der Waals surface area (Å²) in [6.45, 7) is 1.52. The predicted molar refractivity (Wildman–Crippen MR) is 226 cm³/mol. The molecule has 0 radical (unpaired) electrons. The van der Waals surface area contributed by atoms with E-state index in [0.717, 1.165) is 76.4 Å². The lowest BCUT2D eigenvalue weighted by molar-refractivity contribution is -0.302. The van der Waals surface area contributed by atoms with Crippen molar-refractivity contribution >= 4 is 5.91 Å². The zero-order valence-corrected chi connectivity index (χ0v) is 35.3. The van der Waals surface area contributed by atoms with Gasteiger partial charge in [-0.3, -0.25) is 4.79 Å².